The number of pyridine rings is 1. The van der Waals surface area contributed by atoms with Crippen molar-refractivity contribution in [1.82, 2.24) is 9.88 Å². The first-order valence-corrected chi connectivity index (χ1v) is 6.52. The molecule has 5 nitrogen and oxygen atoms in total. The minimum atomic E-state index is 0.676. The van der Waals surface area contributed by atoms with Crippen LogP contribution in [0.1, 0.15) is 6.42 Å². The van der Waals surface area contributed by atoms with Crippen LogP contribution in [0.5, 0.6) is 5.88 Å². The number of nitrogens with zero attached hydrogens (tertiary/aromatic N) is 3. The number of ether oxygens (including phenoxy) is 1. The monoisotopic (exact) mass is 250 g/mol. The molecule has 2 rings (SSSR count). The molecule has 100 valence electrons. The SMILES string of the molecule is COc1cccc(N2CCCN(CCN)CC2)n1. The molecule has 5 heteroatoms. The van der Waals surface area contributed by atoms with Gasteiger partial charge in [0.1, 0.15) is 5.82 Å². The van der Waals surface area contributed by atoms with Gasteiger partial charge < -0.3 is 20.3 Å². The van der Waals surface area contributed by atoms with Crippen molar-refractivity contribution in [3.05, 3.63) is 18.2 Å². The van der Waals surface area contributed by atoms with E-state index in [1.165, 1.54) is 0 Å². The van der Waals surface area contributed by atoms with E-state index in [0.29, 0.717) is 5.88 Å². The zero-order chi connectivity index (χ0) is 12.8. The maximum atomic E-state index is 5.61. The Kier molecular flexibility index (Phi) is 4.78. The average Bonchev–Trinajstić information content (AvgIpc) is 2.65. The number of rotatable bonds is 4. The van der Waals surface area contributed by atoms with Gasteiger partial charge in [0, 0.05) is 38.8 Å². The first-order valence-electron chi connectivity index (χ1n) is 6.52. The molecule has 1 aliphatic rings. The van der Waals surface area contributed by atoms with Crippen molar-refractivity contribution >= 4 is 5.82 Å². The number of aromatic nitrogens is 1. The van der Waals surface area contributed by atoms with Gasteiger partial charge in [0.2, 0.25) is 5.88 Å². The highest BCUT2D eigenvalue weighted by Gasteiger charge is 2.15. The molecule has 2 N–H and O–H groups in total. The number of methoxy groups -OCH3 is 1. The van der Waals surface area contributed by atoms with Crippen molar-refractivity contribution in [2.24, 2.45) is 5.73 Å². The summed E-state index contributed by atoms with van der Waals surface area (Å²) in [4.78, 5) is 9.22. The summed E-state index contributed by atoms with van der Waals surface area (Å²) >= 11 is 0. The molecule has 1 saturated heterocycles. The van der Waals surface area contributed by atoms with E-state index in [1.54, 1.807) is 7.11 Å². The molecule has 1 aromatic rings. The fourth-order valence-corrected chi connectivity index (χ4v) is 2.30. The number of nitrogens with two attached hydrogens (primary N) is 1. The van der Waals surface area contributed by atoms with Crippen molar-refractivity contribution in [3.8, 4) is 5.88 Å². The highest BCUT2D eigenvalue weighted by atomic mass is 16.5. The van der Waals surface area contributed by atoms with E-state index in [-0.39, 0.29) is 0 Å². The van der Waals surface area contributed by atoms with E-state index in [4.69, 9.17) is 10.5 Å². The van der Waals surface area contributed by atoms with Crippen LogP contribution in [0, 0.1) is 0 Å². The zero-order valence-corrected chi connectivity index (χ0v) is 11.0. The van der Waals surface area contributed by atoms with Gasteiger partial charge in [-0.25, -0.2) is 0 Å². The second-order valence-electron chi connectivity index (χ2n) is 4.51. The summed E-state index contributed by atoms with van der Waals surface area (Å²) in [5.41, 5.74) is 5.61. The molecule has 0 saturated carbocycles. The van der Waals surface area contributed by atoms with Crippen LogP contribution < -0.4 is 15.4 Å². The van der Waals surface area contributed by atoms with Crippen LogP contribution >= 0.6 is 0 Å². The van der Waals surface area contributed by atoms with Gasteiger partial charge in [-0.3, -0.25) is 0 Å². The Morgan fingerprint density at radius 1 is 1.28 bits per heavy atom. The third-order valence-corrected chi connectivity index (χ3v) is 3.28. The predicted octanol–water partition coefficient (Wildman–Crippen LogP) is 0.561. The summed E-state index contributed by atoms with van der Waals surface area (Å²) in [5, 5.41) is 0. The average molecular weight is 250 g/mol. The van der Waals surface area contributed by atoms with Gasteiger partial charge in [0.05, 0.1) is 7.11 Å². The maximum Gasteiger partial charge on any atom is 0.214 e. The highest BCUT2D eigenvalue weighted by molar-refractivity contribution is 5.40. The number of hydrogen-bond donors (Lipinski definition) is 1. The summed E-state index contributed by atoms with van der Waals surface area (Å²) < 4.78 is 5.17. The molecule has 0 unspecified atom stereocenters. The Balaban J connectivity index is 2.00. The molecule has 0 aliphatic carbocycles. The smallest absolute Gasteiger partial charge is 0.214 e. The molecule has 0 aromatic carbocycles. The Hall–Kier alpha value is -1.33. The molecule has 0 atom stereocenters. The Labute approximate surface area is 109 Å². The number of anilines is 1. The van der Waals surface area contributed by atoms with E-state index in [9.17, 15) is 0 Å². The molecule has 0 amide bonds. The molecular formula is C13H22N4O. The van der Waals surface area contributed by atoms with Gasteiger partial charge in [-0.2, -0.15) is 4.98 Å². The van der Waals surface area contributed by atoms with Gasteiger partial charge in [0.15, 0.2) is 0 Å². The minimum absolute atomic E-state index is 0.676. The highest BCUT2D eigenvalue weighted by Crippen LogP contribution is 2.17. The van der Waals surface area contributed by atoms with Gasteiger partial charge in [0.25, 0.3) is 0 Å². The summed E-state index contributed by atoms with van der Waals surface area (Å²) in [5.74, 6) is 1.68. The second kappa shape index (κ2) is 6.56. The van der Waals surface area contributed by atoms with E-state index in [0.717, 1.165) is 51.5 Å². The molecule has 18 heavy (non-hydrogen) atoms. The second-order valence-corrected chi connectivity index (χ2v) is 4.51. The molecule has 1 fully saturated rings. The van der Waals surface area contributed by atoms with Crippen molar-refractivity contribution in [1.29, 1.82) is 0 Å². The molecule has 0 radical (unpaired) electrons. The van der Waals surface area contributed by atoms with Crippen LogP contribution in [0.15, 0.2) is 18.2 Å². The van der Waals surface area contributed by atoms with Gasteiger partial charge in [-0.05, 0) is 19.0 Å². The summed E-state index contributed by atoms with van der Waals surface area (Å²) in [6.07, 6.45) is 1.15. The van der Waals surface area contributed by atoms with Crippen LogP contribution in [0.2, 0.25) is 0 Å². The topological polar surface area (TPSA) is 54.6 Å². The molecule has 1 aliphatic heterocycles. The summed E-state index contributed by atoms with van der Waals surface area (Å²) in [6, 6.07) is 5.91. The lowest BCUT2D eigenvalue weighted by atomic mass is 10.3. The number of hydrogen-bond acceptors (Lipinski definition) is 5. The fourth-order valence-electron chi connectivity index (χ4n) is 2.30. The lowest BCUT2D eigenvalue weighted by Gasteiger charge is -2.22. The van der Waals surface area contributed by atoms with E-state index < -0.39 is 0 Å². The Morgan fingerprint density at radius 3 is 2.94 bits per heavy atom. The summed E-state index contributed by atoms with van der Waals surface area (Å²) in [7, 11) is 1.65. The summed E-state index contributed by atoms with van der Waals surface area (Å²) in [6.45, 7) is 5.94. The van der Waals surface area contributed by atoms with Crippen molar-refractivity contribution in [2.45, 2.75) is 6.42 Å². The third kappa shape index (κ3) is 3.34. The molecular weight excluding hydrogens is 228 g/mol. The Morgan fingerprint density at radius 2 is 2.17 bits per heavy atom. The fraction of sp³-hybridized carbons (Fsp3) is 0.615. The molecule has 0 bridgehead atoms. The normalized spacial score (nSPS) is 17.6. The predicted molar refractivity (Wildman–Crippen MR) is 73.1 cm³/mol. The lowest BCUT2D eigenvalue weighted by molar-refractivity contribution is 0.302. The maximum absolute atomic E-state index is 5.61. The molecule has 1 aromatic heterocycles. The zero-order valence-electron chi connectivity index (χ0n) is 11.0. The first-order chi connectivity index (χ1) is 8.83. The van der Waals surface area contributed by atoms with Crippen molar-refractivity contribution in [3.63, 3.8) is 0 Å². The van der Waals surface area contributed by atoms with Gasteiger partial charge in [-0.15, -0.1) is 0 Å². The first kappa shape index (κ1) is 13.1. The van der Waals surface area contributed by atoms with Crippen LogP contribution in [0.4, 0.5) is 5.82 Å². The lowest BCUT2D eigenvalue weighted by Crippen LogP contribution is -2.34. The van der Waals surface area contributed by atoms with Crippen LogP contribution in [-0.4, -0.2) is 56.3 Å². The minimum Gasteiger partial charge on any atom is -0.481 e. The molecule has 0 spiro atoms. The van der Waals surface area contributed by atoms with Gasteiger partial charge in [-0.1, -0.05) is 6.07 Å². The van der Waals surface area contributed by atoms with Crippen LogP contribution in [-0.2, 0) is 0 Å². The van der Waals surface area contributed by atoms with Gasteiger partial charge >= 0.3 is 0 Å². The largest absolute Gasteiger partial charge is 0.481 e. The van der Waals surface area contributed by atoms with Crippen molar-refractivity contribution < 1.29 is 4.74 Å². The van der Waals surface area contributed by atoms with Crippen LogP contribution in [0.25, 0.3) is 0 Å². The molecule has 2 heterocycles. The Bertz CT molecular complexity index is 372. The third-order valence-electron chi connectivity index (χ3n) is 3.28. The van der Waals surface area contributed by atoms with E-state index in [2.05, 4.69) is 14.8 Å². The van der Waals surface area contributed by atoms with Crippen molar-refractivity contribution in [2.75, 3.05) is 51.3 Å². The quantitative estimate of drug-likeness (QED) is 0.846. The van der Waals surface area contributed by atoms with E-state index >= 15 is 0 Å². The van der Waals surface area contributed by atoms with Crippen LogP contribution in [0.3, 0.4) is 0 Å². The standard InChI is InChI=1S/C13H22N4O/c1-18-13-5-2-4-12(15-13)17-8-3-7-16(9-6-14)10-11-17/h2,4-5H,3,6-11,14H2,1H3. The van der Waals surface area contributed by atoms with E-state index in [1.807, 2.05) is 18.2 Å².